The minimum absolute atomic E-state index is 0.423. The Kier molecular flexibility index (Phi) is 3.56. The zero-order valence-electron chi connectivity index (χ0n) is 12.0. The highest BCUT2D eigenvalue weighted by Gasteiger charge is 2.28. The van der Waals surface area contributed by atoms with Gasteiger partial charge < -0.3 is 0 Å². The van der Waals surface area contributed by atoms with Crippen molar-refractivity contribution in [2.24, 2.45) is 0 Å². The quantitative estimate of drug-likeness (QED) is 0.630. The van der Waals surface area contributed by atoms with Gasteiger partial charge in [0.1, 0.15) is 0 Å². The average Bonchev–Trinajstić information content (AvgIpc) is 2.78. The van der Waals surface area contributed by atoms with E-state index in [4.69, 9.17) is 0 Å². The van der Waals surface area contributed by atoms with Crippen LogP contribution in [0.25, 0.3) is 5.57 Å². The van der Waals surface area contributed by atoms with Crippen molar-refractivity contribution in [2.45, 2.75) is 25.7 Å². The number of benzene rings is 2. The van der Waals surface area contributed by atoms with E-state index in [1.54, 1.807) is 0 Å². The van der Waals surface area contributed by atoms with Crippen LogP contribution in [0.1, 0.15) is 42.4 Å². The lowest BCUT2D eigenvalue weighted by molar-refractivity contribution is 0.968. The molecule has 3 rings (SSSR count). The summed E-state index contributed by atoms with van der Waals surface area (Å²) in [6.07, 6.45) is 4.15. The van der Waals surface area contributed by atoms with Crippen LogP contribution in [0.15, 0.2) is 72.8 Å². The summed E-state index contributed by atoms with van der Waals surface area (Å²) in [4.78, 5) is 0. The van der Waals surface area contributed by atoms with E-state index in [1.807, 2.05) is 6.08 Å². The van der Waals surface area contributed by atoms with Crippen molar-refractivity contribution in [1.82, 2.24) is 0 Å². The molecule has 0 bridgehead atoms. The van der Waals surface area contributed by atoms with Crippen molar-refractivity contribution in [3.8, 4) is 0 Å². The molecule has 0 radical (unpaired) electrons. The molecule has 0 fully saturated rings. The van der Waals surface area contributed by atoms with Crippen molar-refractivity contribution in [3.63, 3.8) is 0 Å². The van der Waals surface area contributed by atoms with E-state index in [0.717, 1.165) is 12.8 Å². The molecule has 1 atom stereocenters. The molecule has 0 heterocycles. The largest absolute Gasteiger partial charge is 0.103 e. The van der Waals surface area contributed by atoms with E-state index in [0.29, 0.717) is 5.92 Å². The van der Waals surface area contributed by atoms with Crippen molar-refractivity contribution in [3.05, 3.63) is 89.5 Å². The van der Waals surface area contributed by atoms with Gasteiger partial charge in [-0.1, -0.05) is 66.2 Å². The Hall–Kier alpha value is -2.08. The van der Waals surface area contributed by atoms with Gasteiger partial charge in [-0.25, -0.2) is 0 Å². The van der Waals surface area contributed by atoms with E-state index < -0.39 is 0 Å². The van der Waals surface area contributed by atoms with Crippen LogP contribution in [0.5, 0.6) is 0 Å². The summed E-state index contributed by atoms with van der Waals surface area (Å²) < 4.78 is 0. The SMILES string of the molecule is C=CCCC1=C(C)C(c2ccccc2)c2ccccc21. The smallest absolute Gasteiger partial charge is 0.0308 e. The van der Waals surface area contributed by atoms with Crippen LogP contribution in [-0.4, -0.2) is 0 Å². The van der Waals surface area contributed by atoms with Crippen LogP contribution in [-0.2, 0) is 0 Å². The highest BCUT2D eigenvalue weighted by molar-refractivity contribution is 5.79. The fraction of sp³-hybridized carbons (Fsp3) is 0.200. The summed E-state index contributed by atoms with van der Waals surface area (Å²) in [5, 5.41) is 0. The van der Waals surface area contributed by atoms with Gasteiger partial charge in [0.15, 0.2) is 0 Å². The Balaban J connectivity index is 2.11. The van der Waals surface area contributed by atoms with Crippen molar-refractivity contribution in [2.75, 3.05) is 0 Å². The Morgan fingerprint density at radius 3 is 2.45 bits per heavy atom. The molecule has 1 aliphatic rings. The molecule has 20 heavy (non-hydrogen) atoms. The van der Waals surface area contributed by atoms with Gasteiger partial charge in [-0.2, -0.15) is 0 Å². The minimum atomic E-state index is 0.423. The van der Waals surface area contributed by atoms with Gasteiger partial charge in [-0.05, 0) is 42.0 Å². The van der Waals surface area contributed by atoms with Gasteiger partial charge in [-0.15, -0.1) is 6.58 Å². The predicted octanol–water partition coefficient (Wildman–Crippen LogP) is 5.57. The first-order valence-corrected chi connectivity index (χ1v) is 7.27. The lowest BCUT2D eigenvalue weighted by Crippen LogP contribution is -1.98. The Morgan fingerprint density at radius 1 is 1.00 bits per heavy atom. The monoisotopic (exact) mass is 260 g/mol. The summed E-state index contributed by atoms with van der Waals surface area (Å²) in [6.45, 7) is 6.15. The Labute approximate surface area is 121 Å². The molecule has 0 saturated heterocycles. The molecule has 1 unspecified atom stereocenters. The summed E-state index contributed by atoms with van der Waals surface area (Å²) in [6, 6.07) is 19.7. The van der Waals surface area contributed by atoms with Crippen molar-refractivity contribution < 1.29 is 0 Å². The first-order valence-electron chi connectivity index (χ1n) is 7.27. The number of hydrogen-bond donors (Lipinski definition) is 0. The standard InChI is InChI=1S/C20H20/c1-3-4-12-17-15(2)20(16-10-6-5-7-11-16)19-14-9-8-13-18(17)19/h3,5-11,13-14,20H,1,4,12H2,2H3. The van der Waals surface area contributed by atoms with Crippen molar-refractivity contribution in [1.29, 1.82) is 0 Å². The average molecular weight is 260 g/mol. The molecule has 0 amide bonds. The summed E-state index contributed by atoms with van der Waals surface area (Å²) in [7, 11) is 0. The molecule has 0 nitrogen and oxygen atoms in total. The predicted molar refractivity (Wildman–Crippen MR) is 86.8 cm³/mol. The van der Waals surface area contributed by atoms with Crippen LogP contribution < -0.4 is 0 Å². The highest BCUT2D eigenvalue weighted by Crippen LogP contribution is 2.46. The van der Waals surface area contributed by atoms with Gasteiger partial charge in [0.2, 0.25) is 0 Å². The molecule has 0 spiro atoms. The molecular formula is C20H20. The van der Waals surface area contributed by atoms with E-state index >= 15 is 0 Å². The summed E-state index contributed by atoms with van der Waals surface area (Å²) >= 11 is 0. The fourth-order valence-electron chi connectivity index (χ4n) is 3.30. The second-order valence-corrected chi connectivity index (χ2v) is 5.42. The van der Waals surface area contributed by atoms with Gasteiger partial charge in [-0.3, -0.25) is 0 Å². The maximum absolute atomic E-state index is 3.86. The second kappa shape index (κ2) is 5.50. The molecule has 2 aromatic carbocycles. The van der Waals surface area contributed by atoms with Gasteiger partial charge in [0.05, 0.1) is 0 Å². The van der Waals surface area contributed by atoms with Gasteiger partial charge in [0, 0.05) is 5.92 Å². The first kappa shape index (κ1) is 12.9. The van der Waals surface area contributed by atoms with E-state index in [2.05, 4.69) is 68.1 Å². The molecule has 2 aromatic rings. The van der Waals surface area contributed by atoms with Crippen LogP contribution in [0.3, 0.4) is 0 Å². The molecular weight excluding hydrogens is 240 g/mol. The van der Waals surface area contributed by atoms with Gasteiger partial charge >= 0.3 is 0 Å². The minimum Gasteiger partial charge on any atom is -0.103 e. The second-order valence-electron chi connectivity index (χ2n) is 5.42. The number of rotatable bonds is 4. The zero-order chi connectivity index (χ0) is 13.9. The normalized spacial score (nSPS) is 17.1. The number of fused-ring (bicyclic) bond motifs is 1. The molecule has 0 N–H and O–H groups in total. The van der Waals surface area contributed by atoms with Gasteiger partial charge in [0.25, 0.3) is 0 Å². The first-order chi connectivity index (χ1) is 9.83. The highest BCUT2D eigenvalue weighted by atomic mass is 14.3. The molecule has 0 aromatic heterocycles. The Bertz CT molecular complexity index is 647. The number of allylic oxidation sites excluding steroid dienone is 3. The Morgan fingerprint density at radius 2 is 1.70 bits per heavy atom. The lowest BCUT2D eigenvalue weighted by atomic mass is 9.89. The molecule has 0 heteroatoms. The van der Waals surface area contributed by atoms with Crippen LogP contribution in [0, 0.1) is 0 Å². The third-order valence-electron chi connectivity index (χ3n) is 4.24. The van der Waals surface area contributed by atoms with Crippen LogP contribution >= 0.6 is 0 Å². The molecule has 0 saturated carbocycles. The maximum atomic E-state index is 3.86. The maximum Gasteiger partial charge on any atom is 0.0308 e. The summed E-state index contributed by atoms with van der Waals surface area (Å²) in [5.74, 6) is 0.423. The third kappa shape index (κ3) is 2.12. The zero-order valence-corrected chi connectivity index (χ0v) is 12.0. The molecule has 100 valence electrons. The van der Waals surface area contributed by atoms with E-state index in [1.165, 1.54) is 27.8 Å². The van der Waals surface area contributed by atoms with E-state index in [-0.39, 0.29) is 0 Å². The topological polar surface area (TPSA) is 0 Å². The molecule has 1 aliphatic carbocycles. The van der Waals surface area contributed by atoms with E-state index in [9.17, 15) is 0 Å². The number of hydrogen-bond acceptors (Lipinski definition) is 0. The van der Waals surface area contributed by atoms with Crippen LogP contribution in [0.2, 0.25) is 0 Å². The lowest BCUT2D eigenvalue weighted by Gasteiger charge is -2.14. The summed E-state index contributed by atoms with van der Waals surface area (Å²) in [5.41, 5.74) is 7.29. The van der Waals surface area contributed by atoms with Crippen molar-refractivity contribution >= 4 is 5.57 Å². The van der Waals surface area contributed by atoms with Crippen LogP contribution in [0.4, 0.5) is 0 Å². The third-order valence-corrected chi connectivity index (χ3v) is 4.24. The fourth-order valence-corrected chi connectivity index (χ4v) is 3.30. The molecule has 0 aliphatic heterocycles.